The van der Waals surface area contributed by atoms with Crippen LogP contribution in [0.5, 0.6) is 0 Å². The molecule has 0 bridgehead atoms. The highest BCUT2D eigenvalue weighted by molar-refractivity contribution is 5.90. The van der Waals surface area contributed by atoms with Gasteiger partial charge in [0.1, 0.15) is 0 Å². The number of ether oxygens (including phenoxy) is 1. The van der Waals surface area contributed by atoms with Crippen LogP contribution < -0.4 is 10.6 Å². The van der Waals surface area contributed by atoms with Crippen LogP contribution in [-0.2, 0) is 4.74 Å². The molecule has 2 heterocycles. The molecule has 1 fully saturated rings. The normalized spacial score (nSPS) is 23.6. The lowest BCUT2D eigenvalue weighted by molar-refractivity contribution is 0.0188. The summed E-state index contributed by atoms with van der Waals surface area (Å²) < 4.78 is 5.44. The summed E-state index contributed by atoms with van der Waals surface area (Å²) in [5.41, 5.74) is 6.67. The first-order valence-electron chi connectivity index (χ1n) is 5.93. The summed E-state index contributed by atoms with van der Waals surface area (Å²) in [5.74, 6) is 0. The summed E-state index contributed by atoms with van der Waals surface area (Å²) in [6.07, 6.45) is 3.44. The van der Waals surface area contributed by atoms with Crippen LogP contribution in [0, 0.1) is 0 Å². The molecular formula is C12H17N3O3. The predicted molar refractivity (Wildman–Crippen MR) is 67.6 cm³/mol. The number of hydrogen-bond donors (Lipinski definition) is 2. The fourth-order valence-electron chi connectivity index (χ4n) is 2.28. The van der Waals surface area contributed by atoms with Crippen molar-refractivity contribution in [3.05, 3.63) is 18.5 Å². The molecular weight excluding hydrogens is 234 g/mol. The van der Waals surface area contributed by atoms with Gasteiger partial charge in [-0.1, -0.05) is 0 Å². The highest BCUT2D eigenvalue weighted by Crippen LogP contribution is 2.28. The number of pyridine rings is 1. The van der Waals surface area contributed by atoms with E-state index in [2.05, 4.69) is 4.98 Å². The monoisotopic (exact) mass is 251 g/mol. The third-order valence-corrected chi connectivity index (χ3v) is 3.12. The fourth-order valence-corrected chi connectivity index (χ4v) is 2.28. The summed E-state index contributed by atoms with van der Waals surface area (Å²) in [4.78, 5) is 16.7. The lowest BCUT2D eigenvalue weighted by Crippen LogP contribution is -2.45. The second-order valence-corrected chi connectivity index (χ2v) is 4.45. The first kappa shape index (κ1) is 12.6. The molecule has 3 N–H and O–H groups in total. The highest BCUT2D eigenvalue weighted by Gasteiger charge is 2.30. The Morgan fingerprint density at radius 1 is 1.67 bits per heavy atom. The average molecular weight is 251 g/mol. The van der Waals surface area contributed by atoms with E-state index in [-0.39, 0.29) is 12.1 Å². The third-order valence-electron chi connectivity index (χ3n) is 3.12. The molecule has 6 nitrogen and oxygen atoms in total. The summed E-state index contributed by atoms with van der Waals surface area (Å²) in [6.45, 7) is 2.52. The zero-order valence-corrected chi connectivity index (χ0v) is 10.2. The van der Waals surface area contributed by atoms with Crippen LogP contribution >= 0.6 is 0 Å². The van der Waals surface area contributed by atoms with Crippen LogP contribution in [0.25, 0.3) is 0 Å². The number of nitrogens with two attached hydrogens (primary N) is 1. The average Bonchev–Trinajstić information content (AvgIpc) is 2.32. The lowest BCUT2D eigenvalue weighted by Gasteiger charge is -2.35. The minimum absolute atomic E-state index is 0.0636. The number of hydrogen-bond acceptors (Lipinski definition) is 4. The minimum atomic E-state index is -0.994. The van der Waals surface area contributed by atoms with Crippen molar-refractivity contribution >= 4 is 17.5 Å². The summed E-state index contributed by atoms with van der Waals surface area (Å²) in [6, 6.07) is 1.53. The van der Waals surface area contributed by atoms with Gasteiger partial charge in [0.25, 0.3) is 0 Å². The number of rotatable bonds is 2. The van der Waals surface area contributed by atoms with E-state index < -0.39 is 6.09 Å². The Labute approximate surface area is 105 Å². The Bertz CT molecular complexity index is 438. The maximum atomic E-state index is 11.5. The van der Waals surface area contributed by atoms with Gasteiger partial charge in [0.2, 0.25) is 0 Å². The van der Waals surface area contributed by atoms with Crippen molar-refractivity contribution in [2.45, 2.75) is 31.9 Å². The molecule has 1 amide bonds. The summed E-state index contributed by atoms with van der Waals surface area (Å²) >= 11 is 0. The number of nitrogen functional groups attached to an aromatic ring is 1. The van der Waals surface area contributed by atoms with E-state index in [4.69, 9.17) is 10.5 Å². The zero-order chi connectivity index (χ0) is 13.1. The van der Waals surface area contributed by atoms with E-state index in [0.29, 0.717) is 30.8 Å². The van der Waals surface area contributed by atoms with Gasteiger partial charge < -0.3 is 15.6 Å². The maximum absolute atomic E-state index is 11.5. The van der Waals surface area contributed by atoms with Gasteiger partial charge in [-0.25, -0.2) is 4.79 Å². The molecule has 1 aliphatic heterocycles. The van der Waals surface area contributed by atoms with Crippen molar-refractivity contribution in [1.82, 2.24) is 4.98 Å². The van der Waals surface area contributed by atoms with E-state index in [9.17, 15) is 9.90 Å². The molecule has 1 aromatic rings. The van der Waals surface area contributed by atoms with Crippen molar-refractivity contribution in [1.29, 1.82) is 0 Å². The number of nitrogens with zero attached hydrogens (tertiary/aromatic N) is 2. The number of aromatic nitrogens is 1. The molecule has 0 radical (unpaired) electrons. The van der Waals surface area contributed by atoms with E-state index >= 15 is 0 Å². The molecule has 1 aliphatic rings. The second kappa shape index (κ2) is 5.22. The number of carboxylic acid groups (broad SMARTS) is 1. The van der Waals surface area contributed by atoms with E-state index in [0.717, 1.165) is 0 Å². The van der Waals surface area contributed by atoms with Gasteiger partial charge in [-0.2, -0.15) is 0 Å². The smallest absolute Gasteiger partial charge is 0.412 e. The largest absolute Gasteiger partial charge is 0.465 e. The molecule has 0 spiro atoms. The van der Waals surface area contributed by atoms with Crippen LogP contribution in [0.3, 0.4) is 0 Å². The van der Waals surface area contributed by atoms with Gasteiger partial charge in [-0.15, -0.1) is 0 Å². The van der Waals surface area contributed by atoms with Crippen molar-refractivity contribution < 1.29 is 14.6 Å². The van der Waals surface area contributed by atoms with Crippen LogP contribution in [0.1, 0.15) is 19.8 Å². The van der Waals surface area contributed by atoms with Gasteiger partial charge in [0.05, 0.1) is 23.7 Å². The topological polar surface area (TPSA) is 88.7 Å². The lowest BCUT2D eigenvalue weighted by atomic mass is 10.0. The second-order valence-electron chi connectivity index (χ2n) is 4.45. The van der Waals surface area contributed by atoms with Crippen molar-refractivity contribution in [3.8, 4) is 0 Å². The standard InChI is InChI=1S/C12H17N3O3/c1-8-6-9(3-5-18-8)15(12(16)17)11-2-4-14-7-10(11)13/h2,4,7-9H,3,5-6,13H2,1H3,(H,16,17)/t8-,9+/m0/s1. The van der Waals surface area contributed by atoms with Crippen molar-refractivity contribution in [3.63, 3.8) is 0 Å². The van der Waals surface area contributed by atoms with E-state index in [1.807, 2.05) is 6.92 Å². The molecule has 0 saturated carbocycles. The van der Waals surface area contributed by atoms with E-state index in [1.165, 1.54) is 11.1 Å². The fraction of sp³-hybridized carbons (Fsp3) is 0.500. The molecule has 0 unspecified atom stereocenters. The molecule has 6 heteroatoms. The first-order valence-corrected chi connectivity index (χ1v) is 5.93. The van der Waals surface area contributed by atoms with Crippen LogP contribution in [-0.4, -0.2) is 34.9 Å². The Hall–Kier alpha value is -1.82. The Kier molecular flexibility index (Phi) is 3.66. The van der Waals surface area contributed by atoms with Gasteiger partial charge in [0, 0.05) is 18.8 Å². The van der Waals surface area contributed by atoms with Crippen LogP contribution in [0.2, 0.25) is 0 Å². The Balaban J connectivity index is 2.28. The molecule has 2 rings (SSSR count). The van der Waals surface area contributed by atoms with Gasteiger partial charge in [0.15, 0.2) is 0 Å². The van der Waals surface area contributed by atoms with Crippen molar-refractivity contribution in [2.75, 3.05) is 17.2 Å². The molecule has 1 saturated heterocycles. The Morgan fingerprint density at radius 3 is 3.06 bits per heavy atom. The molecule has 98 valence electrons. The number of anilines is 2. The number of carbonyl (C=O) groups is 1. The van der Waals surface area contributed by atoms with Gasteiger partial charge in [-0.05, 0) is 25.8 Å². The maximum Gasteiger partial charge on any atom is 0.412 e. The van der Waals surface area contributed by atoms with Crippen LogP contribution in [0.4, 0.5) is 16.2 Å². The van der Waals surface area contributed by atoms with E-state index in [1.54, 1.807) is 12.3 Å². The third kappa shape index (κ3) is 2.53. The summed E-state index contributed by atoms with van der Waals surface area (Å²) in [7, 11) is 0. The predicted octanol–water partition coefficient (Wildman–Crippen LogP) is 1.72. The zero-order valence-electron chi connectivity index (χ0n) is 10.2. The van der Waals surface area contributed by atoms with Gasteiger partial charge >= 0.3 is 6.09 Å². The molecule has 18 heavy (non-hydrogen) atoms. The SMILES string of the molecule is C[C@H]1C[C@H](N(C(=O)O)c2ccncc2N)CCO1. The van der Waals surface area contributed by atoms with Gasteiger partial charge in [-0.3, -0.25) is 9.88 Å². The Morgan fingerprint density at radius 2 is 2.44 bits per heavy atom. The molecule has 1 aromatic heterocycles. The molecule has 0 aromatic carbocycles. The van der Waals surface area contributed by atoms with Crippen LogP contribution in [0.15, 0.2) is 18.5 Å². The number of amides is 1. The first-order chi connectivity index (χ1) is 8.59. The minimum Gasteiger partial charge on any atom is -0.465 e. The summed E-state index contributed by atoms with van der Waals surface area (Å²) in [5, 5.41) is 9.40. The van der Waals surface area contributed by atoms with Crippen molar-refractivity contribution in [2.24, 2.45) is 0 Å². The molecule has 0 aliphatic carbocycles. The quantitative estimate of drug-likeness (QED) is 0.835. The molecule has 2 atom stereocenters. The highest BCUT2D eigenvalue weighted by atomic mass is 16.5.